The standard InChI is InChI=1S/C18H20N2O6/c1-3-24-16-9-13(14(20(22)23)10-17(16)25-4-2)19-18(21)12-8-11(12)15-6-5-7-26-15/h5-7,9-12H,3-4,8H2,1-2H3,(H,19,21). The molecule has 8 nitrogen and oxygen atoms in total. The van der Waals surface area contributed by atoms with Crippen LogP contribution >= 0.6 is 0 Å². The van der Waals surface area contributed by atoms with Gasteiger partial charge in [0.25, 0.3) is 5.69 Å². The van der Waals surface area contributed by atoms with Crippen molar-refractivity contribution in [3.05, 3.63) is 46.4 Å². The van der Waals surface area contributed by atoms with Gasteiger partial charge in [0.05, 0.1) is 30.5 Å². The quantitative estimate of drug-likeness (QED) is 0.568. The second-order valence-electron chi connectivity index (χ2n) is 5.89. The second kappa shape index (κ2) is 7.47. The molecule has 3 rings (SSSR count). The zero-order chi connectivity index (χ0) is 18.7. The van der Waals surface area contributed by atoms with Crippen LogP contribution in [-0.4, -0.2) is 24.0 Å². The van der Waals surface area contributed by atoms with Crippen LogP contribution in [0.4, 0.5) is 11.4 Å². The number of hydrogen-bond acceptors (Lipinski definition) is 6. The van der Waals surface area contributed by atoms with E-state index in [0.717, 1.165) is 5.76 Å². The number of carbonyl (C=O) groups excluding carboxylic acids is 1. The lowest BCUT2D eigenvalue weighted by atomic mass is 10.2. The van der Waals surface area contributed by atoms with Crippen molar-refractivity contribution in [3.63, 3.8) is 0 Å². The molecule has 26 heavy (non-hydrogen) atoms. The van der Waals surface area contributed by atoms with Crippen molar-refractivity contribution < 1.29 is 23.6 Å². The number of anilines is 1. The third-order valence-electron chi connectivity index (χ3n) is 4.15. The van der Waals surface area contributed by atoms with Crippen LogP contribution in [-0.2, 0) is 4.79 Å². The number of nitrogens with zero attached hydrogens (tertiary/aromatic N) is 1. The molecule has 2 aromatic rings. The first-order valence-electron chi connectivity index (χ1n) is 8.47. The Labute approximate surface area is 150 Å². The van der Waals surface area contributed by atoms with E-state index in [9.17, 15) is 14.9 Å². The van der Waals surface area contributed by atoms with Gasteiger partial charge in [0.2, 0.25) is 5.91 Å². The van der Waals surface area contributed by atoms with Gasteiger partial charge in [0.15, 0.2) is 11.5 Å². The normalized spacial score (nSPS) is 18.2. The molecular weight excluding hydrogens is 340 g/mol. The fraction of sp³-hybridized carbons (Fsp3) is 0.389. The summed E-state index contributed by atoms with van der Waals surface area (Å²) in [6, 6.07) is 6.31. The lowest BCUT2D eigenvalue weighted by Gasteiger charge is -2.13. The third-order valence-corrected chi connectivity index (χ3v) is 4.15. The summed E-state index contributed by atoms with van der Waals surface area (Å²) in [6.07, 6.45) is 2.22. The van der Waals surface area contributed by atoms with E-state index in [1.165, 1.54) is 12.1 Å². The summed E-state index contributed by atoms with van der Waals surface area (Å²) < 4.78 is 16.2. The SMILES string of the molecule is CCOc1cc(NC(=O)C2CC2c2ccco2)c([N+](=O)[O-])cc1OCC. The summed E-state index contributed by atoms with van der Waals surface area (Å²) >= 11 is 0. The molecule has 2 atom stereocenters. The molecule has 0 saturated heterocycles. The molecule has 1 aliphatic carbocycles. The van der Waals surface area contributed by atoms with Crippen LogP contribution in [0.2, 0.25) is 0 Å². The Bertz CT molecular complexity index is 802. The predicted molar refractivity (Wildman–Crippen MR) is 93.6 cm³/mol. The highest BCUT2D eigenvalue weighted by Crippen LogP contribution is 2.48. The molecule has 138 valence electrons. The first-order chi connectivity index (χ1) is 12.5. The highest BCUT2D eigenvalue weighted by Gasteiger charge is 2.46. The van der Waals surface area contributed by atoms with Crippen LogP contribution in [0.1, 0.15) is 31.9 Å². The first-order valence-corrected chi connectivity index (χ1v) is 8.47. The van der Waals surface area contributed by atoms with Gasteiger partial charge in [-0.3, -0.25) is 14.9 Å². The summed E-state index contributed by atoms with van der Waals surface area (Å²) in [6.45, 7) is 4.29. The van der Waals surface area contributed by atoms with Crippen molar-refractivity contribution in [3.8, 4) is 11.5 Å². The summed E-state index contributed by atoms with van der Waals surface area (Å²) in [4.78, 5) is 23.3. The molecule has 1 aliphatic rings. The summed E-state index contributed by atoms with van der Waals surface area (Å²) in [5.41, 5.74) is -0.141. The molecule has 1 heterocycles. The van der Waals surface area contributed by atoms with Gasteiger partial charge in [-0.2, -0.15) is 0 Å². The minimum absolute atomic E-state index is 0.0121. The molecule has 1 amide bonds. The maximum atomic E-state index is 12.5. The number of carbonyl (C=O) groups is 1. The van der Waals surface area contributed by atoms with Gasteiger partial charge in [0.1, 0.15) is 11.4 Å². The number of nitro groups is 1. The van der Waals surface area contributed by atoms with E-state index in [1.807, 2.05) is 6.07 Å². The van der Waals surface area contributed by atoms with E-state index in [1.54, 1.807) is 26.2 Å². The zero-order valence-electron chi connectivity index (χ0n) is 14.6. The fourth-order valence-corrected chi connectivity index (χ4v) is 2.86. The molecule has 0 bridgehead atoms. The molecule has 1 fully saturated rings. The van der Waals surface area contributed by atoms with Crippen molar-refractivity contribution in [2.24, 2.45) is 5.92 Å². The second-order valence-corrected chi connectivity index (χ2v) is 5.89. The van der Waals surface area contributed by atoms with Crippen molar-refractivity contribution in [1.82, 2.24) is 0 Å². The summed E-state index contributed by atoms with van der Waals surface area (Å²) in [5.74, 6) is 0.857. The number of hydrogen-bond donors (Lipinski definition) is 1. The third kappa shape index (κ3) is 3.63. The number of amides is 1. The highest BCUT2D eigenvalue weighted by molar-refractivity contribution is 5.97. The predicted octanol–water partition coefficient (Wildman–Crippen LogP) is 3.73. The Balaban J connectivity index is 1.82. The van der Waals surface area contributed by atoms with E-state index in [2.05, 4.69) is 5.32 Å². The molecular formula is C18H20N2O6. The van der Waals surface area contributed by atoms with Gasteiger partial charge in [0, 0.05) is 17.9 Å². The molecule has 0 aliphatic heterocycles. The Morgan fingerprint density at radius 2 is 2.00 bits per heavy atom. The number of nitrogens with one attached hydrogen (secondary N) is 1. The van der Waals surface area contributed by atoms with Gasteiger partial charge >= 0.3 is 0 Å². The van der Waals surface area contributed by atoms with Crippen molar-refractivity contribution in [1.29, 1.82) is 0 Å². The smallest absolute Gasteiger partial charge is 0.296 e. The van der Waals surface area contributed by atoms with Gasteiger partial charge in [-0.1, -0.05) is 0 Å². The Morgan fingerprint density at radius 3 is 2.58 bits per heavy atom. The number of nitro benzene ring substituents is 1. The van der Waals surface area contributed by atoms with E-state index in [-0.39, 0.29) is 34.9 Å². The molecule has 1 aromatic heterocycles. The maximum absolute atomic E-state index is 12.5. The fourth-order valence-electron chi connectivity index (χ4n) is 2.86. The maximum Gasteiger partial charge on any atom is 0.296 e. The van der Waals surface area contributed by atoms with Crippen molar-refractivity contribution in [2.45, 2.75) is 26.2 Å². The number of furan rings is 1. The topological polar surface area (TPSA) is 104 Å². The van der Waals surface area contributed by atoms with Gasteiger partial charge in [-0.25, -0.2) is 0 Å². The monoisotopic (exact) mass is 360 g/mol. The molecule has 0 spiro atoms. The molecule has 2 unspecified atom stereocenters. The summed E-state index contributed by atoms with van der Waals surface area (Å²) in [7, 11) is 0. The Hall–Kier alpha value is -3.03. The van der Waals surface area contributed by atoms with E-state index in [4.69, 9.17) is 13.9 Å². The minimum Gasteiger partial charge on any atom is -0.490 e. The molecule has 1 aromatic carbocycles. The number of benzene rings is 1. The largest absolute Gasteiger partial charge is 0.490 e. The van der Waals surface area contributed by atoms with Crippen LogP contribution in [0.3, 0.4) is 0 Å². The van der Waals surface area contributed by atoms with E-state index >= 15 is 0 Å². The number of rotatable bonds is 8. The molecule has 0 radical (unpaired) electrons. The highest BCUT2D eigenvalue weighted by atomic mass is 16.6. The minimum atomic E-state index is -0.551. The number of ether oxygens (including phenoxy) is 2. The van der Waals surface area contributed by atoms with E-state index in [0.29, 0.717) is 25.4 Å². The first kappa shape index (κ1) is 17.8. The molecule has 1 N–H and O–H groups in total. The van der Waals surface area contributed by atoms with Crippen LogP contribution in [0.25, 0.3) is 0 Å². The lowest BCUT2D eigenvalue weighted by molar-refractivity contribution is -0.384. The van der Waals surface area contributed by atoms with Gasteiger partial charge in [-0.15, -0.1) is 0 Å². The Kier molecular flexibility index (Phi) is 5.11. The van der Waals surface area contributed by atoms with Crippen molar-refractivity contribution in [2.75, 3.05) is 18.5 Å². The van der Waals surface area contributed by atoms with Gasteiger partial charge in [-0.05, 0) is 32.4 Å². The van der Waals surface area contributed by atoms with E-state index < -0.39 is 4.92 Å². The van der Waals surface area contributed by atoms with Crippen LogP contribution < -0.4 is 14.8 Å². The van der Waals surface area contributed by atoms with Crippen molar-refractivity contribution >= 4 is 17.3 Å². The van der Waals surface area contributed by atoms with Crippen LogP contribution in [0.5, 0.6) is 11.5 Å². The Morgan fingerprint density at radius 1 is 1.31 bits per heavy atom. The van der Waals surface area contributed by atoms with Crippen LogP contribution in [0.15, 0.2) is 34.9 Å². The van der Waals surface area contributed by atoms with Gasteiger partial charge < -0.3 is 19.2 Å². The zero-order valence-corrected chi connectivity index (χ0v) is 14.6. The summed E-state index contributed by atoms with van der Waals surface area (Å²) in [5, 5.41) is 14.1. The molecule has 1 saturated carbocycles. The molecule has 8 heteroatoms. The average Bonchev–Trinajstić information content (AvgIpc) is 3.22. The van der Waals surface area contributed by atoms with Crippen LogP contribution in [0, 0.1) is 16.0 Å². The lowest BCUT2D eigenvalue weighted by Crippen LogP contribution is -2.16. The average molecular weight is 360 g/mol.